The molecule has 2 aromatic carbocycles. The first-order valence-electron chi connectivity index (χ1n) is 6.91. The van der Waals surface area contributed by atoms with Crippen molar-refractivity contribution in [2.45, 2.75) is 33.4 Å². The van der Waals surface area contributed by atoms with Gasteiger partial charge in [-0.2, -0.15) is 0 Å². The summed E-state index contributed by atoms with van der Waals surface area (Å²) in [5, 5.41) is 3.34. The van der Waals surface area contributed by atoms with Gasteiger partial charge in [-0.3, -0.25) is 0 Å². The lowest BCUT2D eigenvalue weighted by Gasteiger charge is -2.14. The molecular formula is C17H19BrFNO. The largest absolute Gasteiger partial charge is 0.454 e. The van der Waals surface area contributed by atoms with Gasteiger partial charge in [0.25, 0.3) is 0 Å². The van der Waals surface area contributed by atoms with Gasteiger partial charge in [0, 0.05) is 22.6 Å². The van der Waals surface area contributed by atoms with Gasteiger partial charge in [0.1, 0.15) is 5.75 Å². The minimum atomic E-state index is -0.358. The van der Waals surface area contributed by atoms with Crippen molar-refractivity contribution in [3.05, 3.63) is 57.8 Å². The molecule has 2 rings (SSSR count). The van der Waals surface area contributed by atoms with Crippen LogP contribution in [0.1, 0.15) is 25.0 Å². The van der Waals surface area contributed by atoms with Crippen LogP contribution in [0.5, 0.6) is 11.5 Å². The van der Waals surface area contributed by atoms with E-state index in [9.17, 15) is 4.39 Å². The monoisotopic (exact) mass is 351 g/mol. The van der Waals surface area contributed by atoms with E-state index in [1.165, 1.54) is 6.07 Å². The highest BCUT2D eigenvalue weighted by Gasteiger charge is 2.10. The average Bonchev–Trinajstić information content (AvgIpc) is 2.42. The van der Waals surface area contributed by atoms with Gasteiger partial charge in [0.15, 0.2) is 11.6 Å². The Balaban J connectivity index is 2.29. The number of hydrogen-bond donors (Lipinski definition) is 1. The molecule has 0 spiro atoms. The second-order valence-electron chi connectivity index (χ2n) is 5.32. The molecule has 0 saturated heterocycles. The van der Waals surface area contributed by atoms with Gasteiger partial charge in [-0.1, -0.05) is 41.9 Å². The van der Waals surface area contributed by atoms with E-state index >= 15 is 0 Å². The maximum Gasteiger partial charge on any atom is 0.165 e. The fourth-order valence-electron chi connectivity index (χ4n) is 1.89. The van der Waals surface area contributed by atoms with Crippen molar-refractivity contribution in [1.29, 1.82) is 0 Å². The molecule has 0 aliphatic heterocycles. The standard InChI is InChI=1S/C17H19BrFNO/c1-11(2)20-10-13-5-6-14(18)9-16(13)21-17-8-12(3)4-7-15(17)19/h4-9,11,20H,10H2,1-3H3. The van der Waals surface area contributed by atoms with Crippen LogP contribution in [0.3, 0.4) is 0 Å². The molecule has 2 aromatic rings. The van der Waals surface area contributed by atoms with Crippen molar-refractivity contribution in [2.24, 2.45) is 0 Å². The summed E-state index contributed by atoms with van der Waals surface area (Å²) >= 11 is 3.43. The number of nitrogens with one attached hydrogen (secondary N) is 1. The zero-order valence-corrected chi connectivity index (χ0v) is 14.0. The number of benzene rings is 2. The van der Waals surface area contributed by atoms with E-state index < -0.39 is 0 Å². The van der Waals surface area contributed by atoms with Crippen LogP contribution in [0.25, 0.3) is 0 Å². The molecular weight excluding hydrogens is 333 g/mol. The molecule has 1 N–H and O–H groups in total. The lowest BCUT2D eigenvalue weighted by atomic mass is 10.2. The Morgan fingerprint density at radius 2 is 1.90 bits per heavy atom. The molecule has 0 saturated carbocycles. The molecule has 112 valence electrons. The van der Waals surface area contributed by atoms with Gasteiger partial charge in [-0.05, 0) is 36.8 Å². The summed E-state index contributed by atoms with van der Waals surface area (Å²) < 4.78 is 20.5. The third-order valence-corrected chi connectivity index (χ3v) is 3.53. The fraction of sp³-hybridized carbons (Fsp3) is 0.294. The molecule has 21 heavy (non-hydrogen) atoms. The number of aryl methyl sites for hydroxylation is 1. The lowest BCUT2D eigenvalue weighted by Crippen LogP contribution is -2.22. The molecule has 0 radical (unpaired) electrons. The number of rotatable bonds is 5. The van der Waals surface area contributed by atoms with Crippen molar-refractivity contribution in [1.82, 2.24) is 5.32 Å². The highest BCUT2D eigenvalue weighted by Crippen LogP contribution is 2.30. The molecule has 0 atom stereocenters. The van der Waals surface area contributed by atoms with Crippen molar-refractivity contribution >= 4 is 15.9 Å². The Kier molecular flexibility index (Phi) is 5.37. The van der Waals surface area contributed by atoms with Crippen LogP contribution >= 0.6 is 15.9 Å². The van der Waals surface area contributed by atoms with Gasteiger partial charge in [-0.25, -0.2) is 4.39 Å². The Morgan fingerprint density at radius 1 is 1.14 bits per heavy atom. The second-order valence-corrected chi connectivity index (χ2v) is 6.24. The molecule has 0 bridgehead atoms. The lowest BCUT2D eigenvalue weighted by molar-refractivity contribution is 0.433. The molecule has 0 amide bonds. The summed E-state index contributed by atoms with van der Waals surface area (Å²) in [5.74, 6) is 0.546. The predicted molar refractivity (Wildman–Crippen MR) is 87.3 cm³/mol. The molecule has 0 heterocycles. The Morgan fingerprint density at radius 3 is 2.62 bits per heavy atom. The highest BCUT2D eigenvalue weighted by molar-refractivity contribution is 9.10. The van der Waals surface area contributed by atoms with Crippen LogP contribution < -0.4 is 10.1 Å². The van der Waals surface area contributed by atoms with E-state index in [-0.39, 0.29) is 11.6 Å². The van der Waals surface area contributed by atoms with Gasteiger partial charge in [0.05, 0.1) is 0 Å². The third-order valence-electron chi connectivity index (χ3n) is 3.04. The molecule has 4 heteroatoms. The second kappa shape index (κ2) is 7.05. The van der Waals surface area contributed by atoms with Crippen molar-refractivity contribution in [3.8, 4) is 11.5 Å². The average molecular weight is 352 g/mol. The zero-order chi connectivity index (χ0) is 15.4. The maximum atomic E-state index is 13.8. The van der Waals surface area contributed by atoms with Crippen molar-refractivity contribution in [3.63, 3.8) is 0 Å². The number of ether oxygens (including phenoxy) is 1. The SMILES string of the molecule is Cc1ccc(F)c(Oc2cc(Br)ccc2CNC(C)C)c1. The van der Waals surface area contributed by atoms with Gasteiger partial charge < -0.3 is 10.1 Å². The highest BCUT2D eigenvalue weighted by atomic mass is 79.9. The molecule has 2 nitrogen and oxygen atoms in total. The van der Waals surface area contributed by atoms with Crippen LogP contribution in [-0.2, 0) is 6.54 Å². The summed E-state index contributed by atoms with van der Waals surface area (Å²) in [5.41, 5.74) is 1.95. The van der Waals surface area contributed by atoms with Gasteiger partial charge >= 0.3 is 0 Å². The first-order chi connectivity index (χ1) is 9.95. The van der Waals surface area contributed by atoms with Crippen LogP contribution in [-0.4, -0.2) is 6.04 Å². The Hall–Kier alpha value is -1.39. The maximum absolute atomic E-state index is 13.8. The number of hydrogen-bond acceptors (Lipinski definition) is 2. The molecule has 0 aromatic heterocycles. The minimum absolute atomic E-state index is 0.249. The normalized spacial score (nSPS) is 11.0. The summed E-state index contributed by atoms with van der Waals surface area (Å²) in [4.78, 5) is 0. The summed E-state index contributed by atoms with van der Waals surface area (Å²) in [6, 6.07) is 11.0. The van der Waals surface area contributed by atoms with Crippen LogP contribution in [0.4, 0.5) is 4.39 Å². The van der Waals surface area contributed by atoms with Gasteiger partial charge in [0.2, 0.25) is 0 Å². The minimum Gasteiger partial charge on any atom is -0.454 e. The first kappa shape index (κ1) is 16.0. The van der Waals surface area contributed by atoms with Gasteiger partial charge in [-0.15, -0.1) is 0 Å². The van der Waals surface area contributed by atoms with E-state index in [1.54, 1.807) is 12.1 Å². The van der Waals surface area contributed by atoms with Crippen LogP contribution in [0, 0.1) is 12.7 Å². The van der Waals surface area contributed by atoms with E-state index in [4.69, 9.17) is 4.74 Å². The zero-order valence-electron chi connectivity index (χ0n) is 12.4. The Labute approximate surface area is 133 Å². The smallest absolute Gasteiger partial charge is 0.165 e. The Bertz CT molecular complexity index is 628. The van der Waals surface area contributed by atoms with E-state index in [1.807, 2.05) is 25.1 Å². The van der Waals surface area contributed by atoms with Crippen LogP contribution in [0.15, 0.2) is 40.9 Å². The predicted octanol–water partition coefficient (Wildman–Crippen LogP) is 5.19. The first-order valence-corrected chi connectivity index (χ1v) is 7.71. The molecule has 0 aliphatic carbocycles. The van der Waals surface area contributed by atoms with Crippen molar-refractivity contribution in [2.75, 3.05) is 0 Å². The van der Waals surface area contributed by atoms with E-state index in [0.29, 0.717) is 18.3 Å². The topological polar surface area (TPSA) is 21.3 Å². The van der Waals surface area contributed by atoms with E-state index in [2.05, 4.69) is 35.1 Å². The van der Waals surface area contributed by atoms with Crippen molar-refractivity contribution < 1.29 is 9.13 Å². The summed E-state index contributed by atoms with van der Waals surface area (Å²) in [6.45, 7) is 6.75. The molecule has 0 fully saturated rings. The molecule has 0 aliphatic rings. The summed E-state index contributed by atoms with van der Waals surface area (Å²) in [7, 11) is 0. The van der Waals surface area contributed by atoms with E-state index in [0.717, 1.165) is 15.6 Å². The third kappa shape index (κ3) is 4.55. The summed E-state index contributed by atoms with van der Waals surface area (Å²) in [6.07, 6.45) is 0. The van der Waals surface area contributed by atoms with Crippen LogP contribution in [0.2, 0.25) is 0 Å². The number of halogens is 2. The fourth-order valence-corrected chi connectivity index (χ4v) is 2.23. The quantitative estimate of drug-likeness (QED) is 0.800. The molecule has 0 unspecified atom stereocenters.